The number of likely N-dealkylation sites (N-methyl/N-ethyl adjacent to an activating group) is 1. The van der Waals surface area contributed by atoms with Gasteiger partial charge in [-0.25, -0.2) is 0 Å². The van der Waals surface area contributed by atoms with E-state index in [0.717, 1.165) is 22.2 Å². The molecule has 4 rings (SSSR count). The third-order valence-corrected chi connectivity index (χ3v) is 5.96. The first kappa shape index (κ1) is 22.0. The minimum absolute atomic E-state index is 0.0536. The number of rotatable bonds is 6. The highest BCUT2D eigenvalue weighted by Gasteiger charge is 2.37. The number of nitrogens with one attached hydrogen (secondary N) is 1. The van der Waals surface area contributed by atoms with E-state index in [-0.39, 0.29) is 24.3 Å². The quantitative estimate of drug-likeness (QED) is 0.633. The van der Waals surface area contributed by atoms with Crippen LogP contribution in [0.5, 0.6) is 0 Å². The Bertz CT molecular complexity index is 1230. The van der Waals surface area contributed by atoms with Gasteiger partial charge in [-0.3, -0.25) is 14.6 Å². The van der Waals surface area contributed by atoms with Crippen LogP contribution in [0.15, 0.2) is 79.3 Å². The molecule has 33 heavy (non-hydrogen) atoms. The Morgan fingerprint density at radius 2 is 1.91 bits per heavy atom. The smallest absolute Gasteiger partial charge is 0.256 e. The first-order chi connectivity index (χ1) is 16.0. The summed E-state index contributed by atoms with van der Waals surface area (Å²) in [5.41, 5.74) is 2.12. The lowest BCUT2D eigenvalue weighted by molar-refractivity contribution is -0.131. The van der Waals surface area contributed by atoms with Crippen molar-refractivity contribution in [2.24, 2.45) is 5.92 Å². The van der Waals surface area contributed by atoms with Crippen LogP contribution in [-0.4, -0.2) is 52.8 Å². The van der Waals surface area contributed by atoms with Crippen molar-refractivity contribution in [3.8, 4) is 6.07 Å². The molecule has 2 unspecified atom stereocenters. The lowest BCUT2D eigenvalue weighted by Gasteiger charge is -2.24. The van der Waals surface area contributed by atoms with E-state index in [1.165, 1.54) is 11.1 Å². The van der Waals surface area contributed by atoms with Crippen LogP contribution in [0, 0.1) is 17.2 Å². The minimum Gasteiger partial charge on any atom is -0.359 e. The number of hydrogen-bond acceptors (Lipinski definition) is 5. The van der Waals surface area contributed by atoms with Crippen LogP contribution in [0.4, 0.5) is 5.69 Å². The number of carbonyl (C=O) groups is 2. The van der Waals surface area contributed by atoms with Crippen LogP contribution in [0.3, 0.4) is 0 Å². The summed E-state index contributed by atoms with van der Waals surface area (Å²) in [5, 5.41) is 14.6. The van der Waals surface area contributed by atoms with Crippen LogP contribution in [-0.2, 0) is 4.79 Å². The molecular weight excluding hydrogens is 414 g/mol. The number of likely N-dealkylation sites (tertiary alicyclic amines) is 1. The van der Waals surface area contributed by atoms with Gasteiger partial charge in [0.05, 0.1) is 18.2 Å². The number of para-hydroxylation sites is 1. The number of aromatic nitrogens is 1. The van der Waals surface area contributed by atoms with Crippen molar-refractivity contribution in [1.29, 1.82) is 5.26 Å². The fraction of sp³-hybridized carbons (Fsp3) is 0.231. The third-order valence-electron chi connectivity index (χ3n) is 5.96. The van der Waals surface area contributed by atoms with E-state index in [9.17, 15) is 14.9 Å². The molecule has 166 valence electrons. The number of carbonyl (C=O) groups excluding carboxylic acids is 2. The molecule has 1 aromatic heterocycles. The molecule has 0 bridgehead atoms. The lowest BCUT2D eigenvalue weighted by atomic mass is 10.0. The Hall–Kier alpha value is -4.18. The van der Waals surface area contributed by atoms with Gasteiger partial charge < -0.3 is 15.1 Å². The zero-order valence-corrected chi connectivity index (χ0v) is 18.4. The van der Waals surface area contributed by atoms with E-state index in [0.29, 0.717) is 18.5 Å². The van der Waals surface area contributed by atoms with Gasteiger partial charge in [-0.05, 0) is 23.9 Å². The number of hydrogen-bond donors (Lipinski definition) is 1. The minimum atomic E-state index is -0.556. The number of fused-ring (bicyclic) bond motifs is 1. The van der Waals surface area contributed by atoms with Gasteiger partial charge in [0.15, 0.2) is 0 Å². The number of nitriles is 1. The van der Waals surface area contributed by atoms with Crippen LogP contribution >= 0.6 is 0 Å². The van der Waals surface area contributed by atoms with Crippen LogP contribution < -0.4 is 5.32 Å². The molecule has 1 fully saturated rings. The third kappa shape index (κ3) is 4.70. The normalized spacial score (nSPS) is 17.4. The molecule has 2 amide bonds. The summed E-state index contributed by atoms with van der Waals surface area (Å²) in [5.74, 6) is -0.602. The van der Waals surface area contributed by atoms with Crippen molar-refractivity contribution in [2.45, 2.75) is 12.5 Å². The SMILES string of the molecule is C=C(Nc1ccccc1)C1CC(C#N)N(C(=O)CN(C)C(=O)c2cncc3ccccc23)C1. The molecule has 7 heteroatoms. The number of nitrogens with zero attached hydrogens (tertiary/aromatic N) is 4. The molecule has 1 saturated heterocycles. The van der Waals surface area contributed by atoms with Crippen molar-refractivity contribution in [3.05, 3.63) is 84.8 Å². The molecule has 0 aliphatic carbocycles. The molecule has 2 atom stereocenters. The summed E-state index contributed by atoms with van der Waals surface area (Å²) in [6.07, 6.45) is 3.73. The summed E-state index contributed by atoms with van der Waals surface area (Å²) in [7, 11) is 1.59. The highest BCUT2D eigenvalue weighted by Crippen LogP contribution is 2.29. The van der Waals surface area contributed by atoms with Crippen molar-refractivity contribution in [2.75, 3.05) is 25.5 Å². The second-order valence-corrected chi connectivity index (χ2v) is 8.21. The predicted molar refractivity (Wildman–Crippen MR) is 127 cm³/mol. The number of amides is 2. The van der Waals surface area contributed by atoms with Gasteiger partial charge >= 0.3 is 0 Å². The number of anilines is 1. The van der Waals surface area contributed by atoms with Crippen molar-refractivity contribution in [1.82, 2.24) is 14.8 Å². The highest BCUT2D eigenvalue weighted by molar-refractivity contribution is 6.07. The molecule has 1 N–H and O–H groups in total. The summed E-state index contributed by atoms with van der Waals surface area (Å²) in [6, 6.07) is 18.8. The maximum atomic E-state index is 13.1. The van der Waals surface area contributed by atoms with Gasteiger partial charge in [0, 0.05) is 48.7 Å². The average Bonchev–Trinajstić information content (AvgIpc) is 3.29. The molecule has 1 aliphatic heterocycles. The fourth-order valence-electron chi connectivity index (χ4n) is 4.15. The number of benzene rings is 2. The Morgan fingerprint density at radius 1 is 1.18 bits per heavy atom. The van der Waals surface area contributed by atoms with E-state index in [1.807, 2.05) is 54.6 Å². The van der Waals surface area contributed by atoms with Gasteiger partial charge in [0.1, 0.15) is 6.04 Å². The first-order valence-corrected chi connectivity index (χ1v) is 10.8. The van der Waals surface area contributed by atoms with Crippen LogP contribution in [0.25, 0.3) is 10.8 Å². The Labute approximate surface area is 192 Å². The van der Waals surface area contributed by atoms with Crippen LogP contribution in [0.1, 0.15) is 16.8 Å². The standard InChI is InChI=1S/C26H25N5O2/c1-18(29-21-9-4-3-5-10-21)20-12-22(13-27)31(16-20)25(32)17-30(2)26(33)24-15-28-14-19-8-6-7-11-23(19)24/h3-11,14-15,20,22,29H,1,12,16-17H2,2H3. The summed E-state index contributed by atoms with van der Waals surface area (Å²) >= 11 is 0. The summed E-state index contributed by atoms with van der Waals surface area (Å²) < 4.78 is 0. The molecule has 2 heterocycles. The molecular formula is C26H25N5O2. The van der Waals surface area contributed by atoms with E-state index in [2.05, 4.69) is 22.9 Å². The largest absolute Gasteiger partial charge is 0.359 e. The monoisotopic (exact) mass is 439 g/mol. The van der Waals surface area contributed by atoms with Gasteiger partial charge in [0.25, 0.3) is 5.91 Å². The highest BCUT2D eigenvalue weighted by atomic mass is 16.2. The van der Waals surface area contributed by atoms with Gasteiger partial charge in [0.2, 0.25) is 5.91 Å². The van der Waals surface area contributed by atoms with Gasteiger partial charge in [-0.2, -0.15) is 5.26 Å². The zero-order chi connectivity index (χ0) is 23.4. The Morgan fingerprint density at radius 3 is 2.67 bits per heavy atom. The van der Waals surface area contributed by atoms with E-state index >= 15 is 0 Å². The maximum absolute atomic E-state index is 13.1. The predicted octanol–water partition coefficient (Wildman–Crippen LogP) is 3.67. The number of pyridine rings is 1. The average molecular weight is 440 g/mol. The molecule has 2 aromatic carbocycles. The van der Waals surface area contributed by atoms with E-state index < -0.39 is 6.04 Å². The lowest BCUT2D eigenvalue weighted by Crippen LogP contribution is -2.43. The molecule has 7 nitrogen and oxygen atoms in total. The Balaban J connectivity index is 1.43. The van der Waals surface area contributed by atoms with Gasteiger partial charge in [-0.1, -0.05) is 49.0 Å². The van der Waals surface area contributed by atoms with Crippen LogP contribution in [0.2, 0.25) is 0 Å². The second kappa shape index (κ2) is 9.53. The molecule has 0 saturated carbocycles. The summed E-state index contributed by atoms with van der Waals surface area (Å²) in [4.78, 5) is 33.2. The Kier molecular flexibility index (Phi) is 6.36. The van der Waals surface area contributed by atoms with E-state index in [4.69, 9.17) is 0 Å². The van der Waals surface area contributed by atoms with Crippen molar-refractivity contribution in [3.63, 3.8) is 0 Å². The molecule has 0 radical (unpaired) electrons. The fourth-order valence-corrected chi connectivity index (χ4v) is 4.15. The molecule has 3 aromatic rings. The van der Waals surface area contributed by atoms with Crippen molar-refractivity contribution >= 4 is 28.3 Å². The second-order valence-electron chi connectivity index (χ2n) is 8.21. The summed E-state index contributed by atoms with van der Waals surface area (Å²) in [6.45, 7) is 4.39. The first-order valence-electron chi connectivity index (χ1n) is 10.8. The van der Waals surface area contributed by atoms with Gasteiger partial charge in [-0.15, -0.1) is 0 Å². The molecule has 0 spiro atoms. The van der Waals surface area contributed by atoms with Crippen molar-refractivity contribution < 1.29 is 9.59 Å². The van der Waals surface area contributed by atoms with E-state index in [1.54, 1.807) is 18.1 Å². The molecule has 1 aliphatic rings. The topological polar surface area (TPSA) is 89.3 Å². The maximum Gasteiger partial charge on any atom is 0.256 e. The zero-order valence-electron chi connectivity index (χ0n) is 18.4.